The van der Waals surface area contributed by atoms with Gasteiger partial charge < -0.3 is 20.2 Å². The second-order valence-electron chi connectivity index (χ2n) is 15.4. The first-order valence-corrected chi connectivity index (χ1v) is 21.8. The lowest BCUT2D eigenvalue weighted by atomic mass is 10.2. The number of amides is 2. The lowest BCUT2D eigenvalue weighted by molar-refractivity contribution is 0.0991. The van der Waals surface area contributed by atoms with Crippen molar-refractivity contribution in [2.24, 2.45) is 17.6 Å². The van der Waals surface area contributed by atoms with Gasteiger partial charge in [0.05, 0.1) is 28.5 Å². The van der Waals surface area contributed by atoms with Gasteiger partial charge in [0, 0.05) is 45.0 Å². The Morgan fingerprint density at radius 1 is 0.754 bits per heavy atom. The van der Waals surface area contributed by atoms with Gasteiger partial charge in [0.1, 0.15) is 35.7 Å². The Morgan fingerprint density at radius 3 is 1.72 bits per heavy atom. The summed E-state index contributed by atoms with van der Waals surface area (Å²) in [6.07, 6.45) is 8.15. The molecule has 0 saturated heterocycles. The van der Waals surface area contributed by atoms with Crippen LogP contribution in [-0.2, 0) is 13.1 Å². The third-order valence-electron chi connectivity index (χ3n) is 9.93. The number of halogens is 1. The zero-order chi connectivity index (χ0) is 39.8. The summed E-state index contributed by atoms with van der Waals surface area (Å²) in [5.41, 5.74) is 9.85. The van der Waals surface area contributed by atoms with Gasteiger partial charge in [-0.15, -0.1) is 43.1 Å². The molecule has 0 atom stereocenters. The molecule has 6 aromatic rings. The predicted octanol–water partition coefficient (Wildman–Crippen LogP) is 8.23. The molecule has 8 heterocycles. The average Bonchev–Trinajstić information content (AvgIpc) is 3.86. The van der Waals surface area contributed by atoms with Gasteiger partial charge in [0.2, 0.25) is 0 Å². The number of fused-ring (bicyclic) bond motifs is 2. The van der Waals surface area contributed by atoms with Gasteiger partial charge >= 0.3 is 0 Å². The Labute approximate surface area is 347 Å². The molecule has 0 unspecified atom stereocenters. The fourth-order valence-electron chi connectivity index (χ4n) is 6.43. The molecule has 17 heteroatoms. The lowest BCUT2D eigenvalue weighted by Gasteiger charge is -2.16. The van der Waals surface area contributed by atoms with Gasteiger partial charge in [-0.05, 0) is 84.3 Å². The molecule has 57 heavy (non-hydrogen) atoms. The van der Waals surface area contributed by atoms with Crippen molar-refractivity contribution in [3.05, 3.63) is 85.2 Å². The van der Waals surface area contributed by atoms with E-state index in [-0.39, 0.29) is 11.8 Å². The summed E-state index contributed by atoms with van der Waals surface area (Å²) < 4.78 is 5.15. The van der Waals surface area contributed by atoms with Crippen LogP contribution in [0.25, 0.3) is 23.0 Å². The minimum absolute atomic E-state index is 0.00834. The summed E-state index contributed by atoms with van der Waals surface area (Å²) in [7, 11) is 0. The molecule has 0 spiro atoms. The first-order valence-electron chi connectivity index (χ1n) is 19.3. The number of pyridine rings is 2. The SMILES string of the molecule is CC(C)CN.CC(C)CNc1csc2c1CN(c1cccc(-c3nncn3C3CC3)n1)C2=O.O=C1c2scc(Br)c2CN1c1cccc(-c2nncn2C2CC2)n1. The zero-order valence-corrected chi connectivity index (χ0v) is 35.5. The Balaban J connectivity index is 0.000000144. The molecule has 0 radical (unpaired) electrons. The molecule has 2 aliphatic heterocycles. The van der Waals surface area contributed by atoms with Crippen molar-refractivity contribution in [3.8, 4) is 23.0 Å². The van der Waals surface area contributed by atoms with Crippen molar-refractivity contribution >= 4 is 67.7 Å². The molecular formula is C40H45BrN12O2S2. The number of thiophene rings is 2. The van der Waals surface area contributed by atoms with Crippen molar-refractivity contribution in [2.75, 3.05) is 28.2 Å². The highest BCUT2D eigenvalue weighted by Gasteiger charge is 2.35. The number of rotatable bonds is 10. The Morgan fingerprint density at radius 2 is 1.25 bits per heavy atom. The highest BCUT2D eigenvalue weighted by molar-refractivity contribution is 9.10. The fourth-order valence-corrected chi connectivity index (χ4v) is 9.05. The van der Waals surface area contributed by atoms with Crippen molar-refractivity contribution in [2.45, 2.75) is 78.6 Å². The number of nitrogens with one attached hydrogen (secondary N) is 1. The standard InChI is InChI=1S/C20H22N6OS.C16H12BrN5OS.C4H11N/c1-12(2)8-21-16-10-28-18-14(16)9-25(20(18)27)17-5-3-4-15(23-17)19-24-22-11-26(19)13-6-7-13;17-11-7-24-14-10(11)6-21(16(14)23)13-3-1-2-12(19-13)15-20-18-8-22(15)9-4-5-9;1-4(2)3-5/h3-5,10-13,21H,6-9H2,1-2H3;1-3,7-9H,4-6H2;4H,3,5H2,1-2H3. The number of aromatic nitrogens is 8. The highest BCUT2D eigenvalue weighted by Crippen LogP contribution is 2.41. The first-order chi connectivity index (χ1) is 27.6. The van der Waals surface area contributed by atoms with Crippen LogP contribution in [0, 0.1) is 11.8 Å². The molecule has 2 amide bonds. The minimum Gasteiger partial charge on any atom is -0.384 e. The third kappa shape index (κ3) is 8.29. The average molecular weight is 870 g/mol. The first kappa shape index (κ1) is 39.0. The van der Waals surface area contributed by atoms with Crippen molar-refractivity contribution in [3.63, 3.8) is 0 Å². The molecular weight excluding hydrogens is 825 g/mol. The van der Waals surface area contributed by atoms with Crippen LogP contribution in [0.5, 0.6) is 0 Å². The second kappa shape index (κ2) is 16.6. The molecule has 6 aromatic heterocycles. The predicted molar refractivity (Wildman–Crippen MR) is 228 cm³/mol. The van der Waals surface area contributed by atoms with E-state index >= 15 is 0 Å². The second-order valence-corrected chi connectivity index (χ2v) is 18.0. The zero-order valence-electron chi connectivity index (χ0n) is 32.3. The Kier molecular flexibility index (Phi) is 11.3. The van der Waals surface area contributed by atoms with Crippen LogP contribution >= 0.6 is 38.6 Å². The van der Waals surface area contributed by atoms with Crippen LogP contribution < -0.4 is 20.9 Å². The van der Waals surface area contributed by atoms with Crippen LogP contribution in [-0.4, -0.2) is 64.4 Å². The minimum atomic E-state index is 0.00834. The van der Waals surface area contributed by atoms with E-state index in [4.69, 9.17) is 10.7 Å². The number of carbonyl (C=O) groups is 2. The summed E-state index contributed by atoms with van der Waals surface area (Å²) in [6.45, 7) is 11.3. The number of hydrogen-bond acceptors (Lipinski definition) is 12. The lowest BCUT2D eigenvalue weighted by Crippen LogP contribution is -2.24. The molecule has 296 valence electrons. The summed E-state index contributed by atoms with van der Waals surface area (Å²) in [4.78, 5) is 40.1. The molecule has 2 fully saturated rings. The summed E-state index contributed by atoms with van der Waals surface area (Å²) in [5, 5.41) is 24.0. The van der Waals surface area contributed by atoms with Crippen molar-refractivity contribution in [1.82, 2.24) is 39.5 Å². The number of nitrogens with zero attached hydrogens (tertiary/aromatic N) is 10. The van der Waals surface area contributed by atoms with E-state index in [2.05, 4.69) is 83.5 Å². The molecule has 4 aliphatic rings. The van der Waals surface area contributed by atoms with E-state index in [0.29, 0.717) is 48.6 Å². The maximum absolute atomic E-state index is 13.0. The van der Waals surface area contributed by atoms with Gasteiger partial charge in [-0.1, -0.05) is 39.8 Å². The summed E-state index contributed by atoms with van der Waals surface area (Å²) in [5.74, 6) is 4.08. The van der Waals surface area contributed by atoms with E-state index in [1.807, 2.05) is 47.2 Å². The normalized spacial score (nSPS) is 15.8. The van der Waals surface area contributed by atoms with E-state index in [1.54, 1.807) is 22.5 Å². The summed E-state index contributed by atoms with van der Waals surface area (Å²) in [6, 6.07) is 12.4. The van der Waals surface area contributed by atoms with Gasteiger partial charge in [-0.3, -0.25) is 19.4 Å². The molecule has 3 N–H and O–H groups in total. The van der Waals surface area contributed by atoms with Crippen LogP contribution in [0.15, 0.2) is 64.3 Å². The molecule has 0 aromatic carbocycles. The van der Waals surface area contributed by atoms with E-state index in [1.165, 1.54) is 22.7 Å². The van der Waals surface area contributed by atoms with Crippen molar-refractivity contribution < 1.29 is 9.59 Å². The number of hydrogen-bond donors (Lipinski definition) is 2. The number of anilines is 3. The summed E-state index contributed by atoms with van der Waals surface area (Å²) >= 11 is 6.49. The number of carbonyl (C=O) groups excluding carboxylic acids is 2. The van der Waals surface area contributed by atoms with Crippen LogP contribution in [0.2, 0.25) is 0 Å². The van der Waals surface area contributed by atoms with Crippen LogP contribution in [0.4, 0.5) is 17.3 Å². The maximum Gasteiger partial charge on any atom is 0.270 e. The molecule has 0 bridgehead atoms. The van der Waals surface area contributed by atoms with Crippen molar-refractivity contribution in [1.29, 1.82) is 0 Å². The van der Waals surface area contributed by atoms with Gasteiger partial charge in [0.25, 0.3) is 11.8 Å². The van der Waals surface area contributed by atoms with Gasteiger partial charge in [0.15, 0.2) is 11.6 Å². The largest absolute Gasteiger partial charge is 0.384 e. The van der Waals surface area contributed by atoms with Crippen LogP contribution in [0.3, 0.4) is 0 Å². The molecule has 14 nitrogen and oxygen atoms in total. The Hall–Kier alpha value is -4.84. The van der Waals surface area contributed by atoms with Gasteiger partial charge in [-0.25, -0.2) is 9.97 Å². The molecule has 2 aliphatic carbocycles. The van der Waals surface area contributed by atoms with E-state index in [9.17, 15) is 9.59 Å². The fraction of sp³-hybridized carbons (Fsp3) is 0.400. The van der Waals surface area contributed by atoms with E-state index < -0.39 is 0 Å². The topological polar surface area (TPSA) is 166 Å². The molecule has 2 saturated carbocycles. The monoisotopic (exact) mass is 868 g/mol. The van der Waals surface area contributed by atoms with Crippen LogP contribution in [0.1, 0.15) is 95.9 Å². The van der Waals surface area contributed by atoms with Gasteiger partial charge in [-0.2, -0.15) is 0 Å². The quantitative estimate of drug-likeness (QED) is 0.137. The maximum atomic E-state index is 13.0. The third-order valence-corrected chi connectivity index (χ3v) is 13.0. The molecule has 10 rings (SSSR count). The number of nitrogens with two attached hydrogens (primary N) is 1. The highest BCUT2D eigenvalue weighted by atomic mass is 79.9. The smallest absolute Gasteiger partial charge is 0.270 e. The van der Waals surface area contributed by atoms with E-state index in [0.717, 1.165) is 92.9 Å². The Bertz CT molecular complexity index is 2390.